The maximum Gasteiger partial charge on any atom is 0.122 e. The van der Waals surface area contributed by atoms with E-state index in [1.54, 1.807) is 0 Å². The van der Waals surface area contributed by atoms with Crippen LogP contribution in [0.3, 0.4) is 0 Å². The Kier molecular flexibility index (Phi) is 4.63. The maximum absolute atomic E-state index is 5.93. The highest BCUT2D eigenvalue weighted by Crippen LogP contribution is 2.20. The molecule has 2 nitrogen and oxygen atoms in total. The minimum Gasteiger partial charge on any atom is -0.489 e. The van der Waals surface area contributed by atoms with Gasteiger partial charge in [-0.05, 0) is 38.9 Å². The lowest BCUT2D eigenvalue weighted by molar-refractivity contribution is 0.195. The van der Waals surface area contributed by atoms with Gasteiger partial charge in [-0.25, -0.2) is 0 Å². The zero-order valence-corrected chi connectivity index (χ0v) is 10.1. The first-order chi connectivity index (χ1) is 7.17. The molecule has 0 heterocycles. The van der Waals surface area contributed by atoms with Crippen molar-refractivity contribution in [2.75, 3.05) is 13.6 Å². The first kappa shape index (κ1) is 12.1. The van der Waals surface area contributed by atoms with E-state index in [2.05, 4.69) is 44.3 Å². The van der Waals surface area contributed by atoms with Crippen LogP contribution in [-0.4, -0.2) is 19.7 Å². The Morgan fingerprint density at radius 1 is 1.33 bits per heavy atom. The lowest BCUT2D eigenvalue weighted by Gasteiger charge is -2.18. The predicted octanol–water partition coefficient (Wildman–Crippen LogP) is 2.68. The molecule has 1 atom stereocenters. The van der Waals surface area contributed by atoms with Crippen molar-refractivity contribution in [3.63, 3.8) is 0 Å². The predicted molar refractivity (Wildman–Crippen MR) is 64.5 cm³/mol. The number of benzene rings is 1. The van der Waals surface area contributed by atoms with Crippen LogP contribution in [0, 0.1) is 13.8 Å². The van der Waals surface area contributed by atoms with E-state index in [1.807, 2.05) is 7.05 Å². The molecule has 84 valence electrons. The number of hydrogen-bond acceptors (Lipinski definition) is 2. The largest absolute Gasteiger partial charge is 0.489 e. The van der Waals surface area contributed by atoms with Crippen molar-refractivity contribution in [1.82, 2.24) is 5.32 Å². The van der Waals surface area contributed by atoms with E-state index in [0.29, 0.717) is 0 Å². The highest BCUT2D eigenvalue weighted by molar-refractivity contribution is 5.35. The highest BCUT2D eigenvalue weighted by atomic mass is 16.5. The van der Waals surface area contributed by atoms with Gasteiger partial charge in [0.15, 0.2) is 0 Å². The van der Waals surface area contributed by atoms with E-state index >= 15 is 0 Å². The van der Waals surface area contributed by atoms with Crippen molar-refractivity contribution >= 4 is 0 Å². The summed E-state index contributed by atoms with van der Waals surface area (Å²) in [6, 6.07) is 6.30. The highest BCUT2D eigenvalue weighted by Gasteiger charge is 2.08. The van der Waals surface area contributed by atoms with E-state index in [0.717, 1.165) is 18.7 Å². The van der Waals surface area contributed by atoms with Crippen molar-refractivity contribution in [3.8, 4) is 5.75 Å². The van der Waals surface area contributed by atoms with Crippen LogP contribution in [0.15, 0.2) is 18.2 Å². The Labute approximate surface area is 92.6 Å². The summed E-state index contributed by atoms with van der Waals surface area (Å²) in [7, 11) is 1.95. The Morgan fingerprint density at radius 2 is 2.07 bits per heavy atom. The molecule has 1 aromatic rings. The molecule has 0 amide bonds. The topological polar surface area (TPSA) is 21.3 Å². The molecule has 1 aromatic carbocycles. The summed E-state index contributed by atoms with van der Waals surface area (Å²) in [4.78, 5) is 0. The number of likely N-dealkylation sites (N-methyl/N-ethyl adjacent to an activating group) is 1. The van der Waals surface area contributed by atoms with Crippen molar-refractivity contribution in [1.29, 1.82) is 0 Å². The van der Waals surface area contributed by atoms with Gasteiger partial charge in [-0.15, -0.1) is 0 Å². The van der Waals surface area contributed by atoms with Crippen LogP contribution >= 0.6 is 0 Å². The van der Waals surface area contributed by atoms with Crippen LogP contribution in [0.4, 0.5) is 0 Å². The number of rotatable bonds is 5. The van der Waals surface area contributed by atoms with E-state index in [1.165, 1.54) is 11.1 Å². The molecule has 15 heavy (non-hydrogen) atoms. The van der Waals surface area contributed by atoms with E-state index < -0.39 is 0 Å². The third kappa shape index (κ3) is 3.56. The normalized spacial score (nSPS) is 12.5. The van der Waals surface area contributed by atoms with Gasteiger partial charge in [0, 0.05) is 6.54 Å². The monoisotopic (exact) mass is 207 g/mol. The van der Waals surface area contributed by atoms with Gasteiger partial charge in [0.05, 0.1) is 0 Å². The van der Waals surface area contributed by atoms with E-state index in [9.17, 15) is 0 Å². The van der Waals surface area contributed by atoms with E-state index in [-0.39, 0.29) is 6.10 Å². The number of ether oxygens (including phenoxy) is 1. The fourth-order valence-corrected chi connectivity index (χ4v) is 1.61. The van der Waals surface area contributed by atoms with Crippen molar-refractivity contribution in [3.05, 3.63) is 29.3 Å². The number of hydrogen-bond donors (Lipinski definition) is 1. The van der Waals surface area contributed by atoms with Crippen molar-refractivity contribution in [2.24, 2.45) is 0 Å². The van der Waals surface area contributed by atoms with Gasteiger partial charge in [0.25, 0.3) is 0 Å². The van der Waals surface area contributed by atoms with Gasteiger partial charge < -0.3 is 10.1 Å². The second-order valence-corrected chi connectivity index (χ2v) is 3.97. The number of aryl methyl sites for hydroxylation is 2. The molecule has 0 saturated carbocycles. The molecule has 0 aromatic heterocycles. The molecule has 1 unspecified atom stereocenters. The summed E-state index contributed by atoms with van der Waals surface area (Å²) in [5.74, 6) is 1.00. The summed E-state index contributed by atoms with van der Waals surface area (Å²) < 4.78 is 5.93. The van der Waals surface area contributed by atoms with Gasteiger partial charge in [0.1, 0.15) is 11.9 Å². The van der Waals surface area contributed by atoms with Crippen LogP contribution in [-0.2, 0) is 0 Å². The lowest BCUT2D eigenvalue weighted by Crippen LogP contribution is -2.28. The fourth-order valence-electron chi connectivity index (χ4n) is 1.61. The molecule has 0 aliphatic rings. The van der Waals surface area contributed by atoms with Crippen LogP contribution in [0.1, 0.15) is 24.5 Å². The zero-order valence-electron chi connectivity index (χ0n) is 10.1. The standard InChI is InChI=1S/C13H21NO/c1-5-12(9-14-4)15-13-7-6-10(2)8-11(13)3/h6-8,12,14H,5,9H2,1-4H3. The van der Waals surface area contributed by atoms with Gasteiger partial charge in [-0.3, -0.25) is 0 Å². The van der Waals surface area contributed by atoms with E-state index in [4.69, 9.17) is 4.74 Å². The number of nitrogens with one attached hydrogen (secondary N) is 1. The molecule has 0 aliphatic carbocycles. The third-order valence-electron chi connectivity index (χ3n) is 2.51. The molecular weight excluding hydrogens is 186 g/mol. The molecule has 0 spiro atoms. The smallest absolute Gasteiger partial charge is 0.122 e. The van der Waals surface area contributed by atoms with Gasteiger partial charge in [0.2, 0.25) is 0 Å². The molecular formula is C13H21NO. The summed E-state index contributed by atoms with van der Waals surface area (Å²) in [5.41, 5.74) is 2.49. The summed E-state index contributed by atoms with van der Waals surface area (Å²) in [5, 5.41) is 3.14. The third-order valence-corrected chi connectivity index (χ3v) is 2.51. The molecule has 1 rings (SSSR count). The average Bonchev–Trinajstić information content (AvgIpc) is 2.21. The van der Waals surface area contributed by atoms with Crippen LogP contribution in [0.25, 0.3) is 0 Å². The second-order valence-electron chi connectivity index (χ2n) is 3.97. The second kappa shape index (κ2) is 5.76. The minimum absolute atomic E-state index is 0.261. The minimum atomic E-state index is 0.261. The van der Waals surface area contributed by atoms with Gasteiger partial charge in [-0.1, -0.05) is 24.6 Å². The molecule has 2 heteroatoms. The summed E-state index contributed by atoms with van der Waals surface area (Å²) >= 11 is 0. The molecule has 1 N–H and O–H groups in total. The Bertz CT molecular complexity index is 309. The SMILES string of the molecule is CCC(CNC)Oc1ccc(C)cc1C. The van der Waals surface area contributed by atoms with Crippen LogP contribution in [0.5, 0.6) is 5.75 Å². The first-order valence-electron chi connectivity index (χ1n) is 5.56. The zero-order chi connectivity index (χ0) is 11.3. The Morgan fingerprint density at radius 3 is 2.60 bits per heavy atom. The molecule has 0 fully saturated rings. The fraction of sp³-hybridized carbons (Fsp3) is 0.538. The van der Waals surface area contributed by atoms with Crippen LogP contribution in [0.2, 0.25) is 0 Å². The average molecular weight is 207 g/mol. The van der Waals surface area contributed by atoms with Gasteiger partial charge in [-0.2, -0.15) is 0 Å². The molecule has 0 radical (unpaired) electrons. The molecule has 0 bridgehead atoms. The van der Waals surface area contributed by atoms with Crippen molar-refractivity contribution in [2.45, 2.75) is 33.3 Å². The maximum atomic E-state index is 5.93. The Balaban J connectivity index is 2.70. The van der Waals surface area contributed by atoms with Crippen molar-refractivity contribution < 1.29 is 4.74 Å². The molecule has 0 aliphatic heterocycles. The summed E-state index contributed by atoms with van der Waals surface area (Å²) in [6.07, 6.45) is 1.28. The summed E-state index contributed by atoms with van der Waals surface area (Å²) in [6.45, 7) is 7.23. The van der Waals surface area contributed by atoms with Crippen LogP contribution < -0.4 is 10.1 Å². The van der Waals surface area contributed by atoms with Gasteiger partial charge >= 0.3 is 0 Å². The lowest BCUT2D eigenvalue weighted by atomic mass is 10.1. The Hall–Kier alpha value is -1.02. The quantitative estimate of drug-likeness (QED) is 0.801. The molecule has 0 saturated heterocycles. The first-order valence-corrected chi connectivity index (χ1v) is 5.56.